The van der Waals surface area contributed by atoms with Gasteiger partial charge in [0.25, 0.3) is 0 Å². The summed E-state index contributed by atoms with van der Waals surface area (Å²) < 4.78 is 2.70. The van der Waals surface area contributed by atoms with Crippen LogP contribution in [-0.2, 0) is 6.42 Å². The number of thiophene rings is 2. The predicted molar refractivity (Wildman–Crippen MR) is 78.4 cm³/mol. The van der Waals surface area contributed by atoms with Gasteiger partial charge in [-0.15, -0.1) is 34.3 Å². The minimum atomic E-state index is 0.0852. The summed E-state index contributed by atoms with van der Waals surface area (Å²) in [4.78, 5) is 1.28. The third-order valence-corrected chi connectivity index (χ3v) is 5.45. The quantitative estimate of drug-likeness (QED) is 0.556. The summed E-state index contributed by atoms with van der Waals surface area (Å²) in [6, 6.07) is 14.8. The molecule has 1 unspecified atom stereocenters. The molecule has 0 spiro atoms. The van der Waals surface area contributed by atoms with Crippen LogP contribution < -0.4 is 0 Å². The topological polar surface area (TPSA) is 0 Å². The molecular formula is C14H11ClS2. The van der Waals surface area contributed by atoms with Gasteiger partial charge in [0.05, 0.1) is 5.38 Å². The summed E-state index contributed by atoms with van der Waals surface area (Å²) in [6.07, 6.45) is 0.899. The number of hydrogen-bond donors (Lipinski definition) is 0. The molecule has 0 aliphatic carbocycles. The van der Waals surface area contributed by atoms with Crippen LogP contribution in [0.1, 0.15) is 15.8 Å². The van der Waals surface area contributed by atoms with Gasteiger partial charge in [-0.05, 0) is 29.5 Å². The Kier molecular flexibility index (Phi) is 3.19. The third kappa shape index (κ3) is 2.39. The molecule has 2 aromatic heterocycles. The molecule has 0 fully saturated rings. The van der Waals surface area contributed by atoms with E-state index in [4.69, 9.17) is 11.6 Å². The highest BCUT2D eigenvalue weighted by Gasteiger charge is 2.12. The molecule has 0 saturated heterocycles. The van der Waals surface area contributed by atoms with Crippen molar-refractivity contribution in [2.75, 3.05) is 0 Å². The molecule has 0 bridgehead atoms. The number of fused-ring (bicyclic) bond motifs is 1. The molecule has 0 amide bonds. The van der Waals surface area contributed by atoms with Crippen LogP contribution in [0.5, 0.6) is 0 Å². The van der Waals surface area contributed by atoms with Crippen LogP contribution in [0, 0.1) is 0 Å². The van der Waals surface area contributed by atoms with Crippen LogP contribution in [-0.4, -0.2) is 0 Å². The van der Waals surface area contributed by atoms with Crippen LogP contribution in [0.3, 0.4) is 0 Å². The first-order valence-corrected chi connectivity index (χ1v) is 7.61. The Morgan fingerprint density at radius 3 is 2.65 bits per heavy atom. The van der Waals surface area contributed by atoms with Crippen molar-refractivity contribution in [1.82, 2.24) is 0 Å². The summed E-state index contributed by atoms with van der Waals surface area (Å²) in [5.74, 6) is 0. The van der Waals surface area contributed by atoms with Gasteiger partial charge in [-0.3, -0.25) is 0 Å². The van der Waals surface area contributed by atoms with Gasteiger partial charge >= 0.3 is 0 Å². The van der Waals surface area contributed by atoms with Gasteiger partial charge in [-0.2, -0.15) is 0 Å². The zero-order chi connectivity index (χ0) is 11.7. The molecule has 0 N–H and O–H groups in total. The molecule has 0 saturated carbocycles. The Labute approximate surface area is 113 Å². The molecule has 3 heteroatoms. The van der Waals surface area contributed by atoms with E-state index in [0.717, 1.165) is 6.42 Å². The lowest BCUT2D eigenvalue weighted by Crippen LogP contribution is -1.92. The van der Waals surface area contributed by atoms with Gasteiger partial charge in [0.15, 0.2) is 0 Å². The van der Waals surface area contributed by atoms with E-state index in [-0.39, 0.29) is 5.38 Å². The van der Waals surface area contributed by atoms with Crippen molar-refractivity contribution >= 4 is 43.7 Å². The highest BCUT2D eigenvalue weighted by molar-refractivity contribution is 7.27. The summed E-state index contributed by atoms with van der Waals surface area (Å²) in [6.45, 7) is 0. The molecule has 0 aliphatic heterocycles. The van der Waals surface area contributed by atoms with E-state index in [2.05, 4.69) is 41.8 Å². The van der Waals surface area contributed by atoms with Crippen LogP contribution in [0.15, 0.2) is 47.8 Å². The molecule has 0 aliphatic rings. The van der Waals surface area contributed by atoms with Gasteiger partial charge in [0.2, 0.25) is 0 Å². The van der Waals surface area contributed by atoms with Crippen molar-refractivity contribution in [3.63, 3.8) is 0 Å². The number of hydrogen-bond acceptors (Lipinski definition) is 2. The average molecular weight is 279 g/mol. The second-order valence-corrected chi connectivity index (χ2v) is 6.55. The minimum absolute atomic E-state index is 0.0852. The van der Waals surface area contributed by atoms with Gasteiger partial charge in [-0.1, -0.05) is 30.3 Å². The van der Waals surface area contributed by atoms with Gasteiger partial charge in [0, 0.05) is 14.3 Å². The first kappa shape index (κ1) is 11.3. The fraction of sp³-hybridized carbons (Fsp3) is 0.143. The second-order valence-electron chi connectivity index (χ2n) is 3.96. The molecule has 2 heterocycles. The zero-order valence-electron chi connectivity index (χ0n) is 9.10. The third-order valence-electron chi connectivity index (χ3n) is 2.72. The Bertz CT molecular complexity index is 581. The van der Waals surface area contributed by atoms with Crippen molar-refractivity contribution in [1.29, 1.82) is 0 Å². The van der Waals surface area contributed by atoms with E-state index in [1.165, 1.54) is 19.8 Å². The van der Waals surface area contributed by atoms with Crippen molar-refractivity contribution in [2.24, 2.45) is 0 Å². The van der Waals surface area contributed by atoms with E-state index in [0.29, 0.717) is 0 Å². The molecule has 0 radical (unpaired) electrons. The second kappa shape index (κ2) is 4.81. The van der Waals surface area contributed by atoms with E-state index >= 15 is 0 Å². The van der Waals surface area contributed by atoms with Crippen molar-refractivity contribution in [2.45, 2.75) is 11.8 Å². The largest absolute Gasteiger partial charge is 0.143 e. The predicted octanol–water partition coefficient (Wildman–Crippen LogP) is 5.49. The summed E-state index contributed by atoms with van der Waals surface area (Å²) in [7, 11) is 0. The number of benzene rings is 1. The average Bonchev–Trinajstić information content (AvgIpc) is 2.90. The maximum atomic E-state index is 6.48. The maximum Gasteiger partial charge on any atom is 0.0719 e. The van der Waals surface area contributed by atoms with Crippen LogP contribution in [0.25, 0.3) is 9.40 Å². The fourth-order valence-corrected chi connectivity index (χ4v) is 4.33. The molecule has 0 nitrogen and oxygen atoms in total. The van der Waals surface area contributed by atoms with Gasteiger partial charge < -0.3 is 0 Å². The van der Waals surface area contributed by atoms with Crippen molar-refractivity contribution in [3.8, 4) is 0 Å². The van der Waals surface area contributed by atoms with E-state index in [1.807, 2.05) is 17.4 Å². The Morgan fingerprint density at radius 1 is 1.06 bits per heavy atom. The summed E-state index contributed by atoms with van der Waals surface area (Å²) in [5.41, 5.74) is 1.30. The first-order chi connectivity index (χ1) is 8.33. The molecule has 3 rings (SSSR count). The lowest BCUT2D eigenvalue weighted by atomic mass is 10.1. The smallest absolute Gasteiger partial charge is 0.0719 e. The van der Waals surface area contributed by atoms with Crippen molar-refractivity contribution < 1.29 is 0 Å². The summed E-state index contributed by atoms with van der Waals surface area (Å²) >= 11 is 10.1. The summed E-state index contributed by atoms with van der Waals surface area (Å²) in [5, 5.41) is 2.22. The van der Waals surface area contributed by atoms with Gasteiger partial charge in [-0.25, -0.2) is 0 Å². The monoisotopic (exact) mass is 278 g/mol. The zero-order valence-corrected chi connectivity index (χ0v) is 11.5. The van der Waals surface area contributed by atoms with E-state index in [9.17, 15) is 0 Å². The maximum absolute atomic E-state index is 6.48. The van der Waals surface area contributed by atoms with Gasteiger partial charge in [0.1, 0.15) is 0 Å². The molecule has 3 aromatic rings. The minimum Gasteiger partial charge on any atom is -0.143 e. The number of alkyl halides is 1. The molecular weight excluding hydrogens is 268 g/mol. The lowest BCUT2D eigenvalue weighted by molar-refractivity contribution is 0.941. The van der Waals surface area contributed by atoms with Crippen LogP contribution in [0.4, 0.5) is 0 Å². The normalized spacial score (nSPS) is 13.0. The lowest BCUT2D eigenvalue weighted by Gasteiger charge is -2.06. The Hall–Kier alpha value is -0.830. The highest BCUT2D eigenvalue weighted by Crippen LogP contribution is 2.37. The number of rotatable bonds is 3. The molecule has 86 valence electrons. The SMILES string of the molecule is ClC(Cc1ccccc1)c1cc2sccc2s1. The van der Waals surface area contributed by atoms with E-state index in [1.54, 1.807) is 11.3 Å². The number of halogens is 1. The van der Waals surface area contributed by atoms with Crippen LogP contribution in [0.2, 0.25) is 0 Å². The Balaban J connectivity index is 1.82. The molecule has 17 heavy (non-hydrogen) atoms. The highest BCUT2D eigenvalue weighted by atomic mass is 35.5. The van der Waals surface area contributed by atoms with Crippen molar-refractivity contribution in [3.05, 3.63) is 58.3 Å². The van der Waals surface area contributed by atoms with E-state index < -0.39 is 0 Å². The molecule has 1 atom stereocenters. The van der Waals surface area contributed by atoms with Crippen LogP contribution >= 0.6 is 34.3 Å². The fourth-order valence-electron chi connectivity index (χ4n) is 1.86. The standard InChI is InChI=1S/C14H11ClS2/c15-11(8-10-4-2-1-3-5-10)13-9-14-12(17-13)6-7-16-14/h1-7,9,11H,8H2. The molecule has 1 aromatic carbocycles. The first-order valence-electron chi connectivity index (χ1n) is 5.48. The Morgan fingerprint density at radius 2 is 1.88 bits per heavy atom.